The number of carboxylic acids is 1. The van der Waals surface area contributed by atoms with E-state index in [4.69, 9.17) is 9.47 Å². The van der Waals surface area contributed by atoms with Gasteiger partial charge < -0.3 is 14.6 Å². The maximum Gasteiger partial charge on any atom is 0.339 e. The zero-order valence-corrected chi connectivity index (χ0v) is 13.1. The fraction of sp³-hybridized carbons (Fsp3) is 0.438. The number of ether oxygens (including phenoxy) is 2. The summed E-state index contributed by atoms with van der Waals surface area (Å²) in [6, 6.07) is 2.67. The molecule has 0 radical (unpaired) electrons. The minimum Gasteiger partial charge on any atom is -0.478 e. The smallest absolute Gasteiger partial charge is 0.339 e. The molecule has 0 heterocycles. The number of carbonyl (C=O) groups excluding carboxylic acids is 2. The lowest BCUT2D eigenvalue weighted by Gasteiger charge is -2.14. The molecule has 0 saturated carbocycles. The van der Waals surface area contributed by atoms with E-state index in [0.717, 1.165) is 6.42 Å². The Kier molecular flexibility index (Phi) is 6.10. The number of rotatable bonds is 6. The zero-order chi connectivity index (χ0) is 16.9. The summed E-state index contributed by atoms with van der Waals surface area (Å²) in [5.41, 5.74) is 0.460. The molecule has 0 fully saturated rings. The fourth-order valence-electron chi connectivity index (χ4n) is 1.90. The first-order valence-electron chi connectivity index (χ1n) is 6.97. The van der Waals surface area contributed by atoms with Crippen LogP contribution in [0.25, 0.3) is 0 Å². The van der Waals surface area contributed by atoms with Crippen molar-refractivity contribution in [2.75, 3.05) is 0 Å². The minimum atomic E-state index is -1.21. The van der Waals surface area contributed by atoms with E-state index in [1.807, 2.05) is 13.8 Å². The Morgan fingerprint density at radius 3 is 2.05 bits per heavy atom. The number of hydrogen-bond donors (Lipinski definition) is 1. The molecule has 0 saturated heterocycles. The van der Waals surface area contributed by atoms with E-state index in [9.17, 15) is 19.5 Å². The largest absolute Gasteiger partial charge is 0.478 e. The Labute approximate surface area is 129 Å². The molecular formula is C16H20O6. The highest BCUT2D eigenvalue weighted by Gasteiger charge is 2.19. The van der Waals surface area contributed by atoms with Gasteiger partial charge in [-0.05, 0) is 30.4 Å². The van der Waals surface area contributed by atoms with Gasteiger partial charge in [-0.15, -0.1) is 0 Å². The van der Waals surface area contributed by atoms with Gasteiger partial charge in [-0.1, -0.05) is 13.8 Å². The maximum absolute atomic E-state index is 11.3. The van der Waals surface area contributed by atoms with Crippen molar-refractivity contribution in [1.29, 1.82) is 0 Å². The van der Waals surface area contributed by atoms with E-state index in [0.29, 0.717) is 17.9 Å². The second-order valence-electron chi connectivity index (χ2n) is 5.38. The molecule has 6 nitrogen and oxygen atoms in total. The molecule has 120 valence electrons. The second kappa shape index (κ2) is 7.59. The molecule has 0 spiro atoms. The molecule has 6 heteroatoms. The van der Waals surface area contributed by atoms with Gasteiger partial charge in [0.1, 0.15) is 17.1 Å². The third-order valence-electron chi connectivity index (χ3n) is 2.89. The van der Waals surface area contributed by atoms with Gasteiger partial charge in [-0.2, -0.15) is 0 Å². The molecule has 0 aromatic heterocycles. The number of carbonyl (C=O) groups is 3. The Morgan fingerprint density at radius 2 is 1.59 bits per heavy atom. The summed E-state index contributed by atoms with van der Waals surface area (Å²) in [6.45, 7) is 6.50. The van der Waals surface area contributed by atoms with Gasteiger partial charge in [0.15, 0.2) is 0 Å². The molecule has 1 N–H and O–H groups in total. The van der Waals surface area contributed by atoms with Crippen LogP contribution in [0.5, 0.6) is 11.5 Å². The van der Waals surface area contributed by atoms with Gasteiger partial charge in [-0.25, -0.2) is 4.79 Å². The first-order valence-corrected chi connectivity index (χ1v) is 6.97. The quantitative estimate of drug-likeness (QED) is 0.642. The first-order chi connectivity index (χ1) is 10.2. The zero-order valence-electron chi connectivity index (χ0n) is 13.1. The third-order valence-corrected chi connectivity index (χ3v) is 2.89. The van der Waals surface area contributed by atoms with Crippen molar-refractivity contribution in [1.82, 2.24) is 0 Å². The van der Waals surface area contributed by atoms with Gasteiger partial charge in [0, 0.05) is 19.9 Å². The molecule has 0 bridgehead atoms. The first kappa shape index (κ1) is 17.7. The van der Waals surface area contributed by atoms with Crippen molar-refractivity contribution in [3.8, 4) is 11.5 Å². The number of benzene rings is 1. The minimum absolute atomic E-state index is 0.134. The molecular weight excluding hydrogens is 288 g/mol. The van der Waals surface area contributed by atoms with E-state index in [-0.39, 0.29) is 17.1 Å². The molecule has 22 heavy (non-hydrogen) atoms. The van der Waals surface area contributed by atoms with Gasteiger partial charge in [0.05, 0.1) is 0 Å². The number of aryl methyl sites for hydroxylation is 1. The molecule has 1 aromatic carbocycles. The van der Waals surface area contributed by atoms with Gasteiger partial charge in [0.2, 0.25) is 0 Å². The Morgan fingerprint density at radius 1 is 1.05 bits per heavy atom. The van der Waals surface area contributed by atoms with Crippen molar-refractivity contribution < 1.29 is 29.0 Å². The highest BCUT2D eigenvalue weighted by atomic mass is 16.5. The molecule has 0 aliphatic carbocycles. The lowest BCUT2D eigenvalue weighted by Crippen LogP contribution is -2.11. The van der Waals surface area contributed by atoms with E-state index in [1.54, 1.807) is 0 Å². The highest BCUT2D eigenvalue weighted by molar-refractivity contribution is 5.92. The van der Waals surface area contributed by atoms with Gasteiger partial charge >= 0.3 is 17.9 Å². The molecule has 1 rings (SSSR count). The number of hydrogen-bond acceptors (Lipinski definition) is 5. The summed E-state index contributed by atoms with van der Waals surface area (Å²) in [5.74, 6) is -1.89. The van der Waals surface area contributed by atoms with Gasteiger partial charge in [0.25, 0.3) is 0 Å². The summed E-state index contributed by atoms with van der Waals surface area (Å²) in [7, 11) is 0. The van der Waals surface area contributed by atoms with Crippen LogP contribution in [0.1, 0.15) is 50.0 Å². The number of aromatic carboxylic acids is 1. The molecule has 0 amide bonds. The molecule has 0 unspecified atom stereocenters. The normalized spacial score (nSPS) is 10.4. The summed E-state index contributed by atoms with van der Waals surface area (Å²) in [6.07, 6.45) is 1.36. The van der Waals surface area contributed by atoms with Crippen LogP contribution in [0.4, 0.5) is 0 Å². The van der Waals surface area contributed by atoms with Crippen LogP contribution in [0.15, 0.2) is 12.1 Å². The lowest BCUT2D eigenvalue weighted by atomic mass is 9.99. The predicted octanol–water partition coefficient (Wildman–Crippen LogP) is 2.82. The van der Waals surface area contributed by atoms with Crippen LogP contribution in [-0.4, -0.2) is 23.0 Å². The number of esters is 2. The SMILES string of the molecule is CC(=O)Oc1cc(OC(C)=O)c(C(=O)O)cc1CCC(C)C. The maximum atomic E-state index is 11.3. The molecule has 0 aliphatic heterocycles. The average molecular weight is 308 g/mol. The summed E-state index contributed by atoms with van der Waals surface area (Å²) < 4.78 is 10.0. The molecule has 0 atom stereocenters. The van der Waals surface area contributed by atoms with Crippen molar-refractivity contribution in [2.45, 2.75) is 40.5 Å². The summed E-state index contributed by atoms with van der Waals surface area (Å²) in [5, 5.41) is 9.25. The standard InChI is InChI=1S/C16H20O6/c1-9(2)5-6-12-7-13(16(19)20)15(22-11(4)18)8-14(12)21-10(3)17/h7-9H,5-6H2,1-4H3,(H,19,20). The van der Waals surface area contributed by atoms with Crippen LogP contribution in [0.3, 0.4) is 0 Å². The second-order valence-corrected chi connectivity index (χ2v) is 5.38. The fourth-order valence-corrected chi connectivity index (χ4v) is 1.90. The van der Waals surface area contributed by atoms with E-state index < -0.39 is 17.9 Å². The average Bonchev–Trinajstić information content (AvgIpc) is 2.35. The number of carboxylic acid groups (broad SMARTS) is 1. The lowest BCUT2D eigenvalue weighted by molar-refractivity contribution is -0.132. The van der Waals surface area contributed by atoms with Crippen molar-refractivity contribution in [3.63, 3.8) is 0 Å². The van der Waals surface area contributed by atoms with E-state index in [2.05, 4.69) is 0 Å². The Balaban J connectivity index is 3.32. The van der Waals surface area contributed by atoms with Crippen LogP contribution in [0.2, 0.25) is 0 Å². The Bertz CT molecular complexity index is 589. The summed E-state index contributed by atoms with van der Waals surface area (Å²) >= 11 is 0. The topological polar surface area (TPSA) is 89.9 Å². The van der Waals surface area contributed by atoms with E-state index >= 15 is 0 Å². The van der Waals surface area contributed by atoms with Crippen molar-refractivity contribution in [3.05, 3.63) is 23.3 Å². The molecule has 1 aromatic rings. The van der Waals surface area contributed by atoms with Crippen molar-refractivity contribution in [2.24, 2.45) is 5.92 Å². The third kappa shape index (κ3) is 5.20. The Hall–Kier alpha value is -2.37. The van der Waals surface area contributed by atoms with Gasteiger partial charge in [-0.3, -0.25) is 9.59 Å². The van der Waals surface area contributed by atoms with E-state index in [1.165, 1.54) is 26.0 Å². The highest BCUT2D eigenvalue weighted by Crippen LogP contribution is 2.31. The van der Waals surface area contributed by atoms with Crippen LogP contribution in [0, 0.1) is 5.92 Å². The van der Waals surface area contributed by atoms with Crippen LogP contribution < -0.4 is 9.47 Å². The monoisotopic (exact) mass is 308 g/mol. The summed E-state index contributed by atoms with van der Waals surface area (Å²) in [4.78, 5) is 33.6. The van der Waals surface area contributed by atoms with Crippen LogP contribution in [-0.2, 0) is 16.0 Å². The van der Waals surface area contributed by atoms with Crippen LogP contribution >= 0.6 is 0 Å². The van der Waals surface area contributed by atoms with Crippen molar-refractivity contribution >= 4 is 17.9 Å². The predicted molar refractivity (Wildman–Crippen MR) is 79.2 cm³/mol. The molecule has 0 aliphatic rings.